The summed E-state index contributed by atoms with van der Waals surface area (Å²) in [5.41, 5.74) is 0.0415. The fourth-order valence-electron chi connectivity index (χ4n) is 1.56. The molecular weight excluding hydrogens is 259 g/mol. The number of amides is 2. The second-order valence-electron chi connectivity index (χ2n) is 3.84. The standard InChI is InChI=1S/C11H11FN2O3S/c12-9-3-1-2-4-10(9)14-11(15)13-8-5-6-18(16,17)7-8/h1-6,8H,7H2,(H2,13,14,15). The first-order valence-electron chi connectivity index (χ1n) is 5.19. The highest BCUT2D eigenvalue weighted by molar-refractivity contribution is 7.94. The molecular formula is C11H11FN2O3S. The molecule has 1 aromatic carbocycles. The third-order valence-electron chi connectivity index (χ3n) is 2.37. The number of anilines is 1. The van der Waals surface area contributed by atoms with Crippen molar-refractivity contribution in [3.05, 3.63) is 41.6 Å². The van der Waals surface area contributed by atoms with E-state index in [1.807, 2.05) is 0 Å². The van der Waals surface area contributed by atoms with Gasteiger partial charge >= 0.3 is 6.03 Å². The van der Waals surface area contributed by atoms with E-state index in [9.17, 15) is 17.6 Å². The molecule has 1 aliphatic rings. The minimum Gasteiger partial charge on any atom is -0.331 e. The second kappa shape index (κ2) is 4.77. The van der Waals surface area contributed by atoms with E-state index in [1.54, 1.807) is 6.07 Å². The quantitative estimate of drug-likeness (QED) is 0.849. The van der Waals surface area contributed by atoms with E-state index < -0.39 is 27.7 Å². The van der Waals surface area contributed by atoms with Crippen molar-refractivity contribution in [2.75, 3.05) is 11.1 Å². The van der Waals surface area contributed by atoms with Crippen molar-refractivity contribution in [2.24, 2.45) is 0 Å². The summed E-state index contributed by atoms with van der Waals surface area (Å²) < 4.78 is 35.5. The lowest BCUT2D eigenvalue weighted by atomic mass is 10.3. The summed E-state index contributed by atoms with van der Waals surface area (Å²) in [6, 6.07) is 4.49. The van der Waals surface area contributed by atoms with Crippen LogP contribution < -0.4 is 10.6 Å². The van der Waals surface area contributed by atoms with Crippen LogP contribution in [0.15, 0.2) is 35.7 Å². The fraction of sp³-hybridized carbons (Fsp3) is 0.182. The number of hydrogen-bond donors (Lipinski definition) is 2. The molecule has 2 amide bonds. The van der Waals surface area contributed by atoms with E-state index in [1.165, 1.54) is 24.3 Å². The number of hydrogen-bond acceptors (Lipinski definition) is 3. The Kier molecular flexibility index (Phi) is 3.33. The van der Waals surface area contributed by atoms with Crippen molar-refractivity contribution < 1.29 is 17.6 Å². The Morgan fingerprint density at radius 3 is 2.67 bits per heavy atom. The molecule has 0 aromatic heterocycles. The van der Waals surface area contributed by atoms with Crippen LogP contribution >= 0.6 is 0 Å². The third kappa shape index (κ3) is 3.07. The monoisotopic (exact) mass is 270 g/mol. The van der Waals surface area contributed by atoms with Crippen LogP contribution in [0, 0.1) is 5.82 Å². The molecule has 0 radical (unpaired) electrons. The zero-order valence-corrected chi connectivity index (χ0v) is 10.1. The number of rotatable bonds is 2. The van der Waals surface area contributed by atoms with Gasteiger partial charge in [-0.05, 0) is 18.2 Å². The maximum Gasteiger partial charge on any atom is 0.319 e. The SMILES string of the molecule is O=C(Nc1ccccc1F)NC1C=CS(=O)(=O)C1. The molecule has 1 heterocycles. The van der Waals surface area contributed by atoms with E-state index in [0.29, 0.717) is 0 Å². The molecule has 0 saturated heterocycles. The number of carbonyl (C=O) groups is 1. The summed E-state index contributed by atoms with van der Waals surface area (Å²) in [4.78, 5) is 11.5. The molecule has 1 aliphatic heterocycles. The van der Waals surface area contributed by atoms with Crippen molar-refractivity contribution in [3.63, 3.8) is 0 Å². The van der Waals surface area contributed by atoms with Crippen molar-refractivity contribution in [3.8, 4) is 0 Å². The average molecular weight is 270 g/mol. The summed E-state index contributed by atoms with van der Waals surface area (Å²) in [5, 5.41) is 5.79. The molecule has 96 valence electrons. The smallest absolute Gasteiger partial charge is 0.319 e. The van der Waals surface area contributed by atoms with Crippen molar-refractivity contribution in [2.45, 2.75) is 6.04 Å². The van der Waals surface area contributed by atoms with Gasteiger partial charge in [-0.2, -0.15) is 0 Å². The van der Waals surface area contributed by atoms with E-state index in [-0.39, 0.29) is 11.4 Å². The molecule has 2 N–H and O–H groups in total. The molecule has 7 heteroatoms. The Labute approximate surface area is 104 Å². The summed E-state index contributed by atoms with van der Waals surface area (Å²) in [6.07, 6.45) is 1.39. The van der Waals surface area contributed by atoms with E-state index >= 15 is 0 Å². The number of urea groups is 1. The van der Waals surface area contributed by atoms with Crippen LogP contribution in [0.3, 0.4) is 0 Å². The summed E-state index contributed by atoms with van der Waals surface area (Å²) in [7, 11) is -3.22. The van der Waals surface area contributed by atoms with Crippen LogP contribution in [-0.2, 0) is 9.84 Å². The van der Waals surface area contributed by atoms with Gasteiger partial charge in [-0.3, -0.25) is 0 Å². The first kappa shape index (κ1) is 12.6. The van der Waals surface area contributed by atoms with Crippen molar-refractivity contribution >= 4 is 21.6 Å². The van der Waals surface area contributed by atoms with Gasteiger partial charge in [0.25, 0.3) is 0 Å². The predicted octanol–water partition coefficient (Wildman–Crippen LogP) is 1.26. The highest BCUT2D eigenvalue weighted by Crippen LogP contribution is 2.13. The molecule has 5 nitrogen and oxygen atoms in total. The van der Waals surface area contributed by atoms with Crippen LogP contribution in [0.2, 0.25) is 0 Å². The van der Waals surface area contributed by atoms with Gasteiger partial charge in [0.15, 0.2) is 9.84 Å². The first-order valence-corrected chi connectivity index (χ1v) is 6.91. The van der Waals surface area contributed by atoms with Gasteiger partial charge < -0.3 is 10.6 Å². The van der Waals surface area contributed by atoms with Gasteiger partial charge in [0.1, 0.15) is 5.82 Å². The summed E-state index contributed by atoms with van der Waals surface area (Å²) in [5.74, 6) is -0.722. The van der Waals surface area contributed by atoms with Crippen LogP contribution in [0.25, 0.3) is 0 Å². The van der Waals surface area contributed by atoms with Gasteiger partial charge in [-0.15, -0.1) is 0 Å². The van der Waals surface area contributed by atoms with Crippen molar-refractivity contribution in [1.29, 1.82) is 0 Å². The lowest BCUT2D eigenvalue weighted by Crippen LogP contribution is -2.38. The number of carbonyl (C=O) groups excluding carboxylic acids is 1. The highest BCUT2D eigenvalue weighted by atomic mass is 32.2. The lowest BCUT2D eigenvalue weighted by Gasteiger charge is -2.11. The highest BCUT2D eigenvalue weighted by Gasteiger charge is 2.23. The van der Waals surface area contributed by atoms with Gasteiger partial charge in [-0.1, -0.05) is 12.1 Å². The minimum absolute atomic E-state index is 0.0415. The first-order chi connectivity index (χ1) is 8.46. The Hall–Kier alpha value is -1.89. The number of sulfone groups is 1. The van der Waals surface area contributed by atoms with Crippen LogP contribution in [-0.4, -0.2) is 26.2 Å². The van der Waals surface area contributed by atoms with Crippen molar-refractivity contribution in [1.82, 2.24) is 5.32 Å². The molecule has 1 unspecified atom stereocenters. The molecule has 0 bridgehead atoms. The molecule has 1 aromatic rings. The summed E-state index contributed by atoms with van der Waals surface area (Å²) >= 11 is 0. The number of halogens is 1. The Morgan fingerprint density at radius 2 is 2.06 bits per heavy atom. The van der Waals surface area contributed by atoms with E-state index in [2.05, 4.69) is 10.6 Å². The van der Waals surface area contributed by atoms with Gasteiger partial charge in [0.05, 0.1) is 17.5 Å². The molecule has 2 rings (SSSR count). The van der Waals surface area contributed by atoms with Crippen LogP contribution in [0.1, 0.15) is 0 Å². The van der Waals surface area contributed by atoms with Gasteiger partial charge in [-0.25, -0.2) is 17.6 Å². The Bertz CT molecular complexity index is 598. The topological polar surface area (TPSA) is 75.3 Å². The fourth-order valence-corrected chi connectivity index (χ4v) is 2.79. The maximum atomic E-state index is 13.2. The largest absolute Gasteiger partial charge is 0.331 e. The van der Waals surface area contributed by atoms with Gasteiger partial charge in [0, 0.05) is 5.41 Å². The minimum atomic E-state index is -3.22. The number of nitrogens with one attached hydrogen (secondary N) is 2. The molecule has 18 heavy (non-hydrogen) atoms. The number of benzene rings is 1. The number of para-hydroxylation sites is 1. The third-order valence-corrected chi connectivity index (χ3v) is 3.76. The van der Waals surface area contributed by atoms with Gasteiger partial charge in [0.2, 0.25) is 0 Å². The van der Waals surface area contributed by atoms with E-state index in [0.717, 1.165) is 5.41 Å². The molecule has 1 atom stereocenters. The molecule has 0 fully saturated rings. The zero-order chi connectivity index (χ0) is 13.2. The van der Waals surface area contributed by atoms with E-state index in [4.69, 9.17) is 0 Å². The predicted molar refractivity (Wildman–Crippen MR) is 65.3 cm³/mol. The van der Waals surface area contributed by atoms with Crippen LogP contribution in [0.4, 0.5) is 14.9 Å². The average Bonchev–Trinajstić information content (AvgIpc) is 2.61. The zero-order valence-electron chi connectivity index (χ0n) is 9.26. The molecule has 0 spiro atoms. The normalized spacial score (nSPS) is 20.6. The molecule has 0 saturated carbocycles. The molecule has 0 aliphatic carbocycles. The second-order valence-corrected chi connectivity index (χ2v) is 5.77. The Morgan fingerprint density at radius 1 is 1.33 bits per heavy atom. The van der Waals surface area contributed by atoms with Crippen LogP contribution in [0.5, 0.6) is 0 Å². The summed E-state index contributed by atoms with van der Waals surface area (Å²) in [6.45, 7) is 0. The maximum absolute atomic E-state index is 13.2. The Balaban J connectivity index is 1.95. The lowest BCUT2D eigenvalue weighted by molar-refractivity contribution is 0.251.